The summed E-state index contributed by atoms with van der Waals surface area (Å²) >= 11 is 0. The first kappa shape index (κ1) is 23.2. The first-order chi connectivity index (χ1) is 16.1. The van der Waals surface area contributed by atoms with E-state index in [0.29, 0.717) is 5.56 Å². The molecule has 0 saturated heterocycles. The van der Waals surface area contributed by atoms with E-state index in [4.69, 9.17) is 10.5 Å². The molecule has 176 valence electrons. The van der Waals surface area contributed by atoms with E-state index < -0.39 is 23.5 Å². The highest BCUT2D eigenvalue weighted by atomic mass is 16.6. The number of primary amides is 1. The average Bonchev–Trinajstić information content (AvgIpc) is 3.38. The molecule has 2 N–H and O–H groups in total. The molecule has 0 aliphatic carbocycles. The molecule has 0 radical (unpaired) electrons. The van der Waals surface area contributed by atoms with Gasteiger partial charge in [0.05, 0.1) is 18.2 Å². The van der Waals surface area contributed by atoms with Crippen molar-refractivity contribution < 1.29 is 19.1 Å². The molecule has 34 heavy (non-hydrogen) atoms. The molecule has 1 atom stereocenters. The van der Waals surface area contributed by atoms with Crippen molar-refractivity contribution >= 4 is 17.8 Å². The van der Waals surface area contributed by atoms with E-state index >= 15 is 0 Å². The van der Waals surface area contributed by atoms with E-state index in [-0.39, 0.29) is 25.3 Å². The van der Waals surface area contributed by atoms with E-state index in [2.05, 4.69) is 4.98 Å². The van der Waals surface area contributed by atoms with Crippen LogP contribution in [-0.2, 0) is 20.9 Å². The number of esters is 1. The Hall–Kier alpha value is -3.94. The summed E-state index contributed by atoms with van der Waals surface area (Å²) in [6.07, 6.45) is 3.62. The van der Waals surface area contributed by atoms with Crippen LogP contribution in [-0.4, -0.2) is 43.9 Å². The van der Waals surface area contributed by atoms with Crippen LogP contribution in [0.4, 0.5) is 0 Å². The number of imidazole rings is 1. The lowest BCUT2D eigenvalue weighted by Crippen LogP contribution is -2.45. The second-order valence-electron chi connectivity index (χ2n) is 9.33. The van der Waals surface area contributed by atoms with Gasteiger partial charge in [0.1, 0.15) is 11.6 Å². The quantitative estimate of drug-likeness (QED) is 0.543. The molecule has 0 saturated carbocycles. The van der Waals surface area contributed by atoms with Crippen molar-refractivity contribution in [1.82, 2.24) is 14.5 Å². The Bertz CT molecular complexity index is 1230. The minimum Gasteiger partial charge on any atom is -0.460 e. The minimum absolute atomic E-state index is 0.00821. The highest BCUT2D eigenvalue weighted by molar-refractivity contribution is 6.01. The molecular weight excluding hydrogens is 432 g/mol. The topological polar surface area (TPSA) is 108 Å². The van der Waals surface area contributed by atoms with Gasteiger partial charge in [-0.1, -0.05) is 30.3 Å². The molecule has 1 unspecified atom stereocenters. The van der Waals surface area contributed by atoms with Crippen LogP contribution in [0.15, 0.2) is 61.1 Å². The van der Waals surface area contributed by atoms with Crippen molar-refractivity contribution in [2.24, 2.45) is 5.73 Å². The van der Waals surface area contributed by atoms with Crippen LogP contribution < -0.4 is 5.73 Å². The average molecular weight is 461 g/mol. The van der Waals surface area contributed by atoms with Crippen LogP contribution in [0.5, 0.6) is 0 Å². The van der Waals surface area contributed by atoms with E-state index in [1.807, 2.05) is 47.0 Å². The molecule has 2 heterocycles. The van der Waals surface area contributed by atoms with Gasteiger partial charge in [0.2, 0.25) is 5.91 Å². The summed E-state index contributed by atoms with van der Waals surface area (Å²) in [5.41, 5.74) is 9.11. The zero-order chi connectivity index (χ0) is 24.5. The lowest BCUT2D eigenvalue weighted by atomic mass is 10.1. The molecule has 0 fully saturated rings. The summed E-state index contributed by atoms with van der Waals surface area (Å²) < 4.78 is 7.28. The number of aromatic nitrogens is 2. The number of rotatable bonds is 7. The molecule has 0 spiro atoms. The smallest absolute Gasteiger partial charge is 0.306 e. The standard InChI is InChI=1S/C26H28N4O4/c1-26(2,3)34-23(31)12-11-21(24(27)32)29-15-18-13-19(9-10-20(18)25(29)33)30-16-28-14-22(30)17-7-5-4-6-8-17/h4-10,13-14,16,21H,11-12,15H2,1-3H3,(H2,27,32). The van der Waals surface area contributed by atoms with Crippen LogP contribution in [0.1, 0.15) is 49.5 Å². The highest BCUT2D eigenvalue weighted by Crippen LogP contribution is 2.30. The van der Waals surface area contributed by atoms with Crippen LogP contribution >= 0.6 is 0 Å². The molecule has 1 aliphatic heterocycles. The van der Waals surface area contributed by atoms with Crippen molar-refractivity contribution in [3.05, 3.63) is 72.2 Å². The summed E-state index contributed by atoms with van der Waals surface area (Å²) in [5.74, 6) is -1.35. The van der Waals surface area contributed by atoms with Crippen LogP contribution in [0.3, 0.4) is 0 Å². The van der Waals surface area contributed by atoms with Crippen molar-refractivity contribution in [2.75, 3.05) is 0 Å². The second kappa shape index (κ2) is 9.13. The number of carbonyl (C=O) groups is 3. The Labute approximate surface area is 198 Å². The Kier molecular flexibility index (Phi) is 6.24. The number of fused-ring (bicyclic) bond motifs is 1. The van der Waals surface area contributed by atoms with Gasteiger partial charge in [0.15, 0.2) is 0 Å². The predicted octanol–water partition coefficient (Wildman–Crippen LogP) is 3.47. The van der Waals surface area contributed by atoms with Gasteiger partial charge in [0.25, 0.3) is 5.91 Å². The lowest BCUT2D eigenvalue weighted by Gasteiger charge is -2.25. The molecule has 0 bridgehead atoms. The fraction of sp³-hybridized carbons (Fsp3) is 0.308. The van der Waals surface area contributed by atoms with Crippen molar-refractivity contribution in [2.45, 2.75) is 51.8 Å². The molecule has 1 aliphatic rings. The van der Waals surface area contributed by atoms with Crippen LogP contribution in [0.2, 0.25) is 0 Å². The summed E-state index contributed by atoms with van der Waals surface area (Å²) in [6.45, 7) is 5.56. The maximum atomic E-state index is 13.1. The number of nitrogens with zero attached hydrogens (tertiary/aromatic N) is 3. The van der Waals surface area contributed by atoms with Crippen molar-refractivity contribution in [3.8, 4) is 16.9 Å². The monoisotopic (exact) mass is 460 g/mol. The molecule has 1 aromatic heterocycles. The van der Waals surface area contributed by atoms with E-state index in [9.17, 15) is 14.4 Å². The fourth-order valence-corrected chi connectivity index (χ4v) is 4.15. The maximum Gasteiger partial charge on any atom is 0.306 e. The first-order valence-corrected chi connectivity index (χ1v) is 11.2. The number of ether oxygens (including phenoxy) is 1. The molecule has 8 heteroatoms. The summed E-state index contributed by atoms with van der Waals surface area (Å²) in [5, 5.41) is 0. The molecule has 2 aromatic carbocycles. The Morgan fingerprint density at radius 2 is 1.88 bits per heavy atom. The first-order valence-electron chi connectivity index (χ1n) is 11.2. The lowest BCUT2D eigenvalue weighted by molar-refractivity contribution is -0.155. The van der Waals surface area contributed by atoms with Gasteiger partial charge < -0.3 is 15.4 Å². The Morgan fingerprint density at radius 1 is 1.15 bits per heavy atom. The summed E-state index contributed by atoms with van der Waals surface area (Å²) in [6, 6.07) is 14.5. The van der Waals surface area contributed by atoms with Gasteiger partial charge in [-0.15, -0.1) is 0 Å². The van der Waals surface area contributed by atoms with Gasteiger partial charge in [-0.3, -0.25) is 19.0 Å². The molecule has 3 aromatic rings. The number of nitrogens with two attached hydrogens (primary N) is 1. The molecule has 8 nitrogen and oxygen atoms in total. The SMILES string of the molecule is CC(C)(C)OC(=O)CCC(C(N)=O)N1Cc2cc(-n3cncc3-c3ccccc3)ccc2C1=O. The predicted molar refractivity (Wildman–Crippen MR) is 127 cm³/mol. The van der Waals surface area contributed by atoms with Gasteiger partial charge in [-0.05, 0) is 51.0 Å². The van der Waals surface area contributed by atoms with E-state index in [1.165, 1.54) is 4.90 Å². The van der Waals surface area contributed by atoms with Gasteiger partial charge in [-0.2, -0.15) is 0 Å². The van der Waals surface area contributed by atoms with Crippen LogP contribution in [0.25, 0.3) is 16.9 Å². The third kappa shape index (κ3) is 4.85. The van der Waals surface area contributed by atoms with E-state index in [1.54, 1.807) is 39.4 Å². The number of benzene rings is 2. The molecule has 4 rings (SSSR count). The highest BCUT2D eigenvalue weighted by Gasteiger charge is 2.36. The number of carbonyl (C=O) groups excluding carboxylic acids is 3. The van der Waals surface area contributed by atoms with Crippen LogP contribution in [0, 0.1) is 0 Å². The normalized spacial score (nSPS) is 14.1. The molecule has 2 amide bonds. The third-order valence-electron chi connectivity index (χ3n) is 5.65. The van der Waals surface area contributed by atoms with Gasteiger partial charge in [-0.25, -0.2) is 4.98 Å². The maximum absolute atomic E-state index is 13.1. The Morgan fingerprint density at radius 3 is 2.56 bits per heavy atom. The van der Waals surface area contributed by atoms with E-state index in [0.717, 1.165) is 22.5 Å². The zero-order valence-electron chi connectivity index (χ0n) is 19.5. The van der Waals surface area contributed by atoms with Crippen molar-refractivity contribution in [3.63, 3.8) is 0 Å². The minimum atomic E-state index is -0.899. The molecular formula is C26H28N4O4. The largest absolute Gasteiger partial charge is 0.460 e. The second-order valence-corrected chi connectivity index (χ2v) is 9.33. The number of amides is 2. The third-order valence-corrected chi connectivity index (χ3v) is 5.65. The number of hydrogen-bond acceptors (Lipinski definition) is 5. The summed E-state index contributed by atoms with van der Waals surface area (Å²) in [7, 11) is 0. The number of hydrogen-bond donors (Lipinski definition) is 1. The Balaban J connectivity index is 1.55. The van der Waals surface area contributed by atoms with Crippen molar-refractivity contribution in [1.29, 1.82) is 0 Å². The zero-order valence-corrected chi connectivity index (χ0v) is 19.5. The fourth-order valence-electron chi connectivity index (χ4n) is 4.15. The van der Waals surface area contributed by atoms with Gasteiger partial charge >= 0.3 is 5.97 Å². The van der Waals surface area contributed by atoms with Gasteiger partial charge in [0, 0.05) is 29.8 Å². The summed E-state index contributed by atoms with van der Waals surface area (Å²) in [4.78, 5) is 43.2.